The zero-order valence-corrected chi connectivity index (χ0v) is 9.05. The maximum absolute atomic E-state index is 11.5. The van der Waals surface area contributed by atoms with Gasteiger partial charge in [0, 0.05) is 13.5 Å². The monoisotopic (exact) mass is 194 g/mol. The van der Waals surface area contributed by atoms with Crippen molar-refractivity contribution < 1.29 is 4.79 Å². The molecule has 78 valence electrons. The van der Waals surface area contributed by atoms with Crippen LogP contribution in [0.3, 0.4) is 0 Å². The number of carbonyl (C=O) groups excluding carboxylic acids is 1. The molecule has 0 bridgehead atoms. The Morgan fingerprint density at radius 1 is 1.43 bits per heavy atom. The largest absolute Gasteiger partial charge is 0.327 e. The Morgan fingerprint density at radius 3 is 2.43 bits per heavy atom. The Morgan fingerprint density at radius 2 is 2.00 bits per heavy atom. The van der Waals surface area contributed by atoms with E-state index < -0.39 is 5.54 Å². The predicted molar refractivity (Wildman–Crippen MR) is 54.5 cm³/mol. The standard InChI is InChI=1S/C11H18N2O/c1-3-10(14)13(2)11(9-12)7-5-4-6-8-11/h3-8H2,1-2H3. The lowest BCUT2D eigenvalue weighted by Crippen LogP contribution is -2.49. The van der Waals surface area contributed by atoms with E-state index in [2.05, 4.69) is 6.07 Å². The number of nitrogens with zero attached hydrogens (tertiary/aromatic N) is 2. The van der Waals surface area contributed by atoms with Gasteiger partial charge in [0.2, 0.25) is 5.91 Å². The van der Waals surface area contributed by atoms with Gasteiger partial charge in [0.15, 0.2) is 0 Å². The lowest BCUT2D eigenvalue weighted by molar-refractivity contribution is -0.134. The van der Waals surface area contributed by atoms with Crippen LogP contribution in [0.5, 0.6) is 0 Å². The maximum Gasteiger partial charge on any atom is 0.223 e. The van der Waals surface area contributed by atoms with Crippen LogP contribution >= 0.6 is 0 Å². The Bertz CT molecular complexity index is 249. The van der Waals surface area contributed by atoms with E-state index in [9.17, 15) is 10.1 Å². The van der Waals surface area contributed by atoms with Crippen LogP contribution in [-0.2, 0) is 4.79 Å². The van der Waals surface area contributed by atoms with Crippen LogP contribution in [0.25, 0.3) is 0 Å². The molecule has 0 spiro atoms. The molecule has 0 aliphatic heterocycles. The van der Waals surface area contributed by atoms with Crippen LogP contribution in [0, 0.1) is 11.3 Å². The molecule has 0 aromatic rings. The number of amides is 1. The molecule has 0 aromatic heterocycles. The Balaban J connectivity index is 2.78. The molecule has 0 saturated heterocycles. The molecule has 1 aliphatic carbocycles. The number of rotatable bonds is 2. The molecule has 14 heavy (non-hydrogen) atoms. The predicted octanol–water partition coefficient (Wildman–Crippen LogP) is 2.08. The number of nitriles is 1. The van der Waals surface area contributed by atoms with Gasteiger partial charge in [0.1, 0.15) is 5.54 Å². The van der Waals surface area contributed by atoms with Crippen molar-refractivity contribution in [3.05, 3.63) is 0 Å². The molecule has 0 atom stereocenters. The highest BCUT2D eigenvalue weighted by atomic mass is 16.2. The van der Waals surface area contributed by atoms with E-state index in [4.69, 9.17) is 0 Å². The van der Waals surface area contributed by atoms with Crippen molar-refractivity contribution in [2.24, 2.45) is 0 Å². The first kappa shape index (κ1) is 11.0. The Hall–Kier alpha value is -1.04. The minimum atomic E-state index is -0.509. The second-order valence-corrected chi connectivity index (χ2v) is 4.01. The summed E-state index contributed by atoms with van der Waals surface area (Å²) in [6.45, 7) is 1.84. The van der Waals surface area contributed by atoms with Gasteiger partial charge in [-0.1, -0.05) is 26.2 Å². The van der Waals surface area contributed by atoms with Crippen molar-refractivity contribution >= 4 is 5.91 Å². The van der Waals surface area contributed by atoms with Crippen LogP contribution in [0.2, 0.25) is 0 Å². The molecular weight excluding hydrogens is 176 g/mol. The van der Waals surface area contributed by atoms with Gasteiger partial charge in [0.05, 0.1) is 6.07 Å². The summed E-state index contributed by atoms with van der Waals surface area (Å²) < 4.78 is 0. The average Bonchev–Trinajstić information content (AvgIpc) is 2.28. The summed E-state index contributed by atoms with van der Waals surface area (Å²) in [4.78, 5) is 13.2. The normalized spacial score (nSPS) is 19.8. The van der Waals surface area contributed by atoms with Crippen molar-refractivity contribution in [2.75, 3.05) is 7.05 Å². The first-order valence-electron chi connectivity index (χ1n) is 5.34. The van der Waals surface area contributed by atoms with Gasteiger partial charge in [-0.3, -0.25) is 4.79 Å². The fourth-order valence-electron chi connectivity index (χ4n) is 2.13. The molecular formula is C11H18N2O. The smallest absolute Gasteiger partial charge is 0.223 e. The SMILES string of the molecule is CCC(=O)N(C)C1(C#N)CCCCC1. The highest BCUT2D eigenvalue weighted by Gasteiger charge is 2.38. The van der Waals surface area contributed by atoms with Crippen LogP contribution in [0.15, 0.2) is 0 Å². The summed E-state index contributed by atoms with van der Waals surface area (Å²) in [5.74, 6) is 0.0773. The summed E-state index contributed by atoms with van der Waals surface area (Å²) in [5, 5.41) is 9.21. The van der Waals surface area contributed by atoms with Crippen molar-refractivity contribution in [2.45, 2.75) is 51.0 Å². The van der Waals surface area contributed by atoms with Crippen molar-refractivity contribution in [3.63, 3.8) is 0 Å². The minimum Gasteiger partial charge on any atom is -0.327 e. The van der Waals surface area contributed by atoms with E-state index in [0.29, 0.717) is 6.42 Å². The first-order chi connectivity index (χ1) is 6.66. The quantitative estimate of drug-likeness (QED) is 0.675. The zero-order chi connectivity index (χ0) is 10.6. The fraction of sp³-hybridized carbons (Fsp3) is 0.818. The van der Waals surface area contributed by atoms with Crippen LogP contribution in [-0.4, -0.2) is 23.4 Å². The molecule has 0 radical (unpaired) electrons. The molecule has 1 saturated carbocycles. The minimum absolute atomic E-state index is 0.0773. The fourth-order valence-corrected chi connectivity index (χ4v) is 2.13. The van der Waals surface area contributed by atoms with Gasteiger partial charge < -0.3 is 4.90 Å². The molecule has 0 aromatic carbocycles. The third-order valence-electron chi connectivity index (χ3n) is 3.21. The average molecular weight is 194 g/mol. The molecule has 3 nitrogen and oxygen atoms in total. The summed E-state index contributed by atoms with van der Waals surface area (Å²) in [6, 6.07) is 2.34. The van der Waals surface area contributed by atoms with Crippen LogP contribution in [0.1, 0.15) is 45.4 Å². The summed E-state index contributed by atoms with van der Waals surface area (Å²) in [6.07, 6.45) is 5.48. The molecule has 1 fully saturated rings. The highest BCUT2D eigenvalue weighted by molar-refractivity contribution is 5.76. The Labute approximate surface area is 85.7 Å². The topological polar surface area (TPSA) is 44.1 Å². The molecule has 0 heterocycles. The second-order valence-electron chi connectivity index (χ2n) is 4.01. The van der Waals surface area contributed by atoms with Gasteiger partial charge in [-0.25, -0.2) is 0 Å². The summed E-state index contributed by atoms with van der Waals surface area (Å²) >= 11 is 0. The summed E-state index contributed by atoms with van der Waals surface area (Å²) in [7, 11) is 1.76. The van der Waals surface area contributed by atoms with E-state index in [1.54, 1.807) is 11.9 Å². The van der Waals surface area contributed by atoms with E-state index in [1.165, 1.54) is 6.42 Å². The van der Waals surface area contributed by atoms with Gasteiger partial charge in [-0.15, -0.1) is 0 Å². The third kappa shape index (κ3) is 1.89. The van der Waals surface area contributed by atoms with Gasteiger partial charge in [0.25, 0.3) is 0 Å². The summed E-state index contributed by atoms with van der Waals surface area (Å²) in [5.41, 5.74) is -0.509. The second kappa shape index (κ2) is 4.45. The molecule has 1 amide bonds. The van der Waals surface area contributed by atoms with Crippen molar-refractivity contribution in [1.82, 2.24) is 4.90 Å². The van der Waals surface area contributed by atoms with Crippen molar-refractivity contribution in [1.29, 1.82) is 5.26 Å². The lowest BCUT2D eigenvalue weighted by atomic mass is 9.81. The van der Waals surface area contributed by atoms with Crippen molar-refractivity contribution in [3.8, 4) is 6.07 Å². The molecule has 1 aliphatic rings. The molecule has 0 N–H and O–H groups in total. The lowest BCUT2D eigenvalue weighted by Gasteiger charge is -2.38. The van der Waals surface area contributed by atoms with E-state index in [1.807, 2.05) is 6.92 Å². The third-order valence-corrected chi connectivity index (χ3v) is 3.21. The number of carbonyl (C=O) groups is 1. The number of hydrogen-bond donors (Lipinski definition) is 0. The highest BCUT2D eigenvalue weighted by Crippen LogP contribution is 2.32. The van der Waals surface area contributed by atoms with E-state index in [-0.39, 0.29) is 5.91 Å². The van der Waals surface area contributed by atoms with Crippen LogP contribution < -0.4 is 0 Å². The number of hydrogen-bond acceptors (Lipinski definition) is 2. The first-order valence-corrected chi connectivity index (χ1v) is 5.34. The van der Waals surface area contributed by atoms with E-state index >= 15 is 0 Å². The van der Waals surface area contributed by atoms with Gasteiger partial charge >= 0.3 is 0 Å². The zero-order valence-electron chi connectivity index (χ0n) is 9.05. The van der Waals surface area contributed by atoms with Gasteiger partial charge in [-0.05, 0) is 12.8 Å². The van der Waals surface area contributed by atoms with Crippen LogP contribution in [0.4, 0.5) is 0 Å². The molecule has 0 unspecified atom stereocenters. The molecule has 1 rings (SSSR count). The molecule has 3 heteroatoms. The van der Waals surface area contributed by atoms with Gasteiger partial charge in [-0.2, -0.15) is 5.26 Å². The Kier molecular flexibility index (Phi) is 3.51. The van der Waals surface area contributed by atoms with E-state index in [0.717, 1.165) is 25.7 Å². The maximum atomic E-state index is 11.5.